The van der Waals surface area contributed by atoms with Crippen molar-refractivity contribution in [1.29, 1.82) is 0 Å². The van der Waals surface area contributed by atoms with Gasteiger partial charge in [-0.05, 0) is 0 Å². The Hall–Kier alpha value is -1.47. The molecule has 0 aliphatic rings. The Morgan fingerprint density at radius 3 is 2.85 bits per heavy atom. The molecule has 0 saturated carbocycles. The van der Waals surface area contributed by atoms with E-state index in [4.69, 9.17) is 5.84 Å². The number of nitrogens with one attached hydrogen (secondary N) is 2. The van der Waals surface area contributed by atoms with Crippen LogP contribution >= 0.6 is 11.3 Å². The van der Waals surface area contributed by atoms with E-state index in [2.05, 4.69) is 10.3 Å². The highest BCUT2D eigenvalue weighted by molar-refractivity contribution is 7.13. The SMILES string of the molecule is NNC(=O)CC(=O)Nc1nccs1. The van der Waals surface area contributed by atoms with Crippen molar-refractivity contribution in [2.75, 3.05) is 5.32 Å². The fraction of sp³-hybridized carbons (Fsp3) is 0.167. The van der Waals surface area contributed by atoms with Crippen molar-refractivity contribution in [1.82, 2.24) is 10.4 Å². The number of nitrogens with two attached hydrogens (primary N) is 1. The smallest absolute Gasteiger partial charge is 0.243 e. The molecule has 70 valence electrons. The lowest BCUT2D eigenvalue weighted by molar-refractivity contribution is -0.126. The van der Waals surface area contributed by atoms with E-state index >= 15 is 0 Å². The van der Waals surface area contributed by atoms with Gasteiger partial charge in [0.1, 0.15) is 6.42 Å². The molecule has 0 atom stereocenters. The van der Waals surface area contributed by atoms with Crippen LogP contribution in [-0.2, 0) is 9.59 Å². The van der Waals surface area contributed by atoms with Gasteiger partial charge in [-0.25, -0.2) is 10.8 Å². The first kappa shape index (κ1) is 9.62. The van der Waals surface area contributed by atoms with Crippen molar-refractivity contribution in [3.8, 4) is 0 Å². The first-order valence-corrected chi connectivity index (χ1v) is 4.29. The fourth-order valence-corrected chi connectivity index (χ4v) is 1.19. The summed E-state index contributed by atoms with van der Waals surface area (Å²) < 4.78 is 0. The number of thiazole rings is 1. The van der Waals surface area contributed by atoms with E-state index in [0.717, 1.165) is 0 Å². The molecule has 1 aromatic rings. The molecule has 0 radical (unpaired) electrons. The normalized spacial score (nSPS) is 9.31. The van der Waals surface area contributed by atoms with E-state index in [1.807, 2.05) is 5.43 Å². The summed E-state index contributed by atoms with van der Waals surface area (Å²) >= 11 is 1.28. The highest BCUT2D eigenvalue weighted by atomic mass is 32.1. The van der Waals surface area contributed by atoms with Crippen LogP contribution in [0.5, 0.6) is 0 Å². The number of aromatic nitrogens is 1. The molecule has 0 bridgehead atoms. The third-order valence-electron chi connectivity index (χ3n) is 1.16. The van der Waals surface area contributed by atoms with E-state index in [1.54, 1.807) is 11.6 Å². The monoisotopic (exact) mass is 200 g/mol. The van der Waals surface area contributed by atoms with Crippen molar-refractivity contribution < 1.29 is 9.59 Å². The van der Waals surface area contributed by atoms with Gasteiger partial charge in [0.05, 0.1) is 0 Å². The van der Waals surface area contributed by atoms with Gasteiger partial charge < -0.3 is 5.32 Å². The van der Waals surface area contributed by atoms with Gasteiger partial charge in [0, 0.05) is 11.6 Å². The Kier molecular flexibility index (Phi) is 3.35. The topological polar surface area (TPSA) is 97.1 Å². The molecule has 13 heavy (non-hydrogen) atoms. The number of carbonyl (C=O) groups excluding carboxylic acids is 2. The molecule has 0 saturated heterocycles. The van der Waals surface area contributed by atoms with Crippen LogP contribution in [0, 0.1) is 0 Å². The number of nitrogens with zero attached hydrogens (tertiary/aromatic N) is 1. The van der Waals surface area contributed by atoms with E-state index < -0.39 is 11.8 Å². The summed E-state index contributed by atoms with van der Waals surface area (Å²) in [4.78, 5) is 25.5. The molecule has 0 aromatic carbocycles. The molecule has 0 aliphatic heterocycles. The molecule has 0 fully saturated rings. The van der Waals surface area contributed by atoms with Crippen LogP contribution in [0.4, 0.5) is 5.13 Å². The Balaban J connectivity index is 2.38. The van der Waals surface area contributed by atoms with E-state index in [-0.39, 0.29) is 6.42 Å². The summed E-state index contributed by atoms with van der Waals surface area (Å²) in [7, 11) is 0. The molecule has 0 unspecified atom stereocenters. The number of amides is 2. The number of anilines is 1. The Morgan fingerprint density at radius 2 is 2.31 bits per heavy atom. The van der Waals surface area contributed by atoms with Crippen molar-refractivity contribution in [2.24, 2.45) is 5.84 Å². The van der Waals surface area contributed by atoms with Crippen LogP contribution < -0.4 is 16.6 Å². The second kappa shape index (κ2) is 4.53. The molecule has 1 aromatic heterocycles. The first-order valence-electron chi connectivity index (χ1n) is 3.41. The van der Waals surface area contributed by atoms with Crippen LogP contribution in [0.3, 0.4) is 0 Å². The standard InChI is InChI=1S/C6H8N4O2S/c7-10-5(12)3-4(11)9-6-8-1-2-13-6/h1-2H,3,7H2,(H,10,12)(H,8,9,11). The number of hydrazine groups is 1. The first-order chi connectivity index (χ1) is 6.22. The maximum Gasteiger partial charge on any atom is 0.243 e. The maximum atomic E-state index is 11.0. The molecule has 1 rings (SSSR count). The lowest BCUT2D eigenvalue weighted by atomic mass is 10.4. The number of hydrogen-bond donors (Lipinski definition) is 3. The lowest BCUT2D eigenvalue weighted by Crippen LogP contribution is -2.33. The molecule has 7 heteroatoms. The maximum absolute atomic E-state index is 11.0. The minimum Gasteiger partial charge on any atom is -0.302 e. The van der Waals surface area contributed by atoms with Gasteiger partial charge >= 0.3 is 0 Å². The molecular formula is C6H8N4O2S. The third kappa shape index (κ3) is 3.18. The van der Waals surface area contributed by atoms with Gasteiger partial charge in [-0.1, -0.05) is 0 Å². The third-order valence-corrected chi connectivity index (χ3v) is 1.85. The number of rotatable bonds is 3. The summed E-state index contributed by atoms with van der Waals surface area (Å²) in [5.74, 6) is 3.84. The summed E-state index contributed by atoms with van der Waals surface area (Å²) in [6.07, 6.45) is 1.26. The van der Waals surface area contributed by atoms with Crippen molar-refractivity contribution >= 4 is 28.3 Å². The van der Waals surface area contributed by atoms with Crippen molar-refractivity contribution in [3.63, 3.8) is 0 Å². The highest BCUT2D eigenvalue weighted by Gasteiger charge is 2.08. The highest BCUT2D eigenvalue weighted by Crippen LogP contribution is 2.09. The van der Waals surface area contributed by atoms with Crippen LogP contribution in [0.2, 0.25) is 0 Å². The minimum atomic E-state index is -0.533. The zero-order chi connectivity index (χ0) is 9.68. The molecular weight excluding hydrogens is 192 g/mol. The summed E-state index contributed by atoms with van der Waals surface area (Å²) in [6.45, 7) is 0. The van der Waals surface area contributed by atoms with Crippen LogP contribution in [0.1, 0.15) is 6.42 Å². The van der Waals surface area contributed by atoms with E-state index in [9.17, 15) is 9.59 Å². The van der Waals surface area contributed by atoms with Crippen LogP contribution in [0.25, 0.3) is 0 Å². The van der Waals surface area contributed by atoms with Crippen LogP contribution in [0.15, 0.2) is 11.6 Å². The fourth-order valence-electron chi connectivity index (χ4n) is 0.645. The molecule has 0 spiro atoms. The largest absolute Gasteiger partial charge is 0.302 e. The van der Waals surface area contributed by atoms with Gasteiger partial charge in [0.15, 0.2) is 5.13 Å². The van der Waals surface area contributed by atoms with E-state index in [0.29, 0.717) is 5.13 Å². The zero-order valence-electron chi connectivity index (χ0n) is 6.61. The number of carbonyl (C=O) groups is 2. The average Bonchev–Trinajstić information content (AvgIpc) is 2.56. The predicted molar refractivity (Wildman–Crippen MR) is 47.7 cm³/mol. The molecule has 0 aliphatic carbocycles. The van der Waals surface area contributed by atoms with E-state index in [1.165, 1.54) is 11.3 Å². The quantitative estimate of drug-likeness (QED) is 0.264. The molecule has 2 amide bonds. The second-order valence-corrected chi connectivity index (χ2v) is 3.02. The Morgan fingerprint density at radius 1 is 1.54 bits per heavy atom. The van der Waals surface area contributed by atoms with Gasteiger partial charge in [-0.2, -0.15) is 0 Å². The molecule has 1 heterocycles. The Bertz CT molecular complexity index is 298. The van der Waals surface area contributed by atoms with Gasteiger partial charge in [-0.3, -0.25) is 15.0 Å². The molecule has 4 N–H and O–H groups in total. The van der Waals surface area contributed by atoms with Crippen molar-refractivity contribution in [2.45, 2.75) is 6.42 Å². The van der Waals surface area contributed by atoms with Gasteiger partial charge in [0.25, 0.3) is 0 Å². The van der Waals surface area contributed by atoms with Crippen LogP contribution in [-0.4, -0.2) is 16.8 Å². The predicted octanol–water partition coefficient (Wildman–Crippen LogP) is -0.538. The average molecular weight is 200 g/mol. The minimum absolute atomic E-state index is 0.296. The number of hydrogen-bond acceptors (Lipinski definition) is 5. The van der Waals surface area contributed by atoms with Gasteiger partial charge in [0.2, 0.25) is 11.8 Å². The molecule has 6 nitrogen and oxygen atoms in total. The lowest BCUT2D eigenvalue weighted by Gasteiger charge is -1.99. The zero-order valence-corrected chi connectivity index (χ0v) is 7.43. The Labute approximate surface area is 78.1 Å². The summed E-state index contributed by atoms with van der Waals surface area (Å²) in [5, 5.41) is 4.63. The summed E-state index contributed by atoms with van der Waals surface area (Å²) in [6, 6.07) is 0. The van der Waals surface area contributed by atoms with Crippen molar-refractivity contribution in [3.05, 3.63) is 11.6 Å². The summed E-state index contributed by atoms with van der Waals surface area (Å²) in [5.41, 5.74) is 1.86. The second-order valence-electron chi connectivity index (χ2n) is 2.13. The van der Waals surface area contributed by atoms with Gasteiger partial charge in [-0.15, -0.1) is 11.3 Å².